The number of aliphatic carboxylic acids is 1. The van der Waals surface area contributed by atoms with Gasteiger partial charge in [0.2, 0.25) is 5.91 Å². The van der Waals surface area contributed by atoms with Crippen LogP contribution in [0.3, 0.4) is 0 Å². The number of anilines is 1. The van der Waals surface area contributed by atoms with Crippen molar-refractivity contribution >= 4 is 17.6 Å². The number of amides is 1. The summed E-state index contributed by atoms with van der Waals surface area (Å²) in [6, 6.07) is 6.28. The molecule has 0 aliphatic heterocycles. The Labute approximate surface area is 117 Å². The first-order valence-corrected chi connectivity index (χ1v) is 6.51. The highest BCUT2D eigenvalue weighted by Gasteiger charge is 2.51. The number of hydrogen-bond acceptors (Lipinski definition) is 3. The Morgan fingerprint density at radius 2 is 2.00 bits per heavy atom. The van der Waals surface area contributed by atoms with Crippen molar-refractivity contribution in [1.82, 2.24) is 0 Å². The molecule has 5 nitrogen and oxygen atoms in total. The van der Waals surface area contributed by atoms with Crippen LogP contribution in [-0.2, 0) is 15.0 Å². The minimum absolute atomic E-state index is 0.281. The Morgan fingerprint density at radius 1 is 1.40 bits per heavy atom. The maximum Gasteiger partial charge on any atom is 0.314 e. The van der Waals surface area contributed by atoms with Gasteiger partial charge in [0.25, 0.3) is 0 Å². The fraction of sp³-hybridized carbons (Fsp3) is 0.333. The van der Waals surface area contributed by atoms with Gasteiger partial charge in [-0.25, -0.2) is 0 Å². The number of carboxylic acids is 1. The van der Waals surface area contributed by atoms with Gasteiger partial charge in [0.1, 0.15) is 0 Å². The van der Waals surface area contributed by atoms with Gasteiger partial charge in [0.05, 0.1) is 11.5 Å². The molecule has 2 rings (SSSR count). The lowest BCUT2D eigenvalue weighted by Crippen LogP contribution is -2.35. The minimum atomic E-state index is -0.790. The lowest BCUT2D eigenvalue weighted by molar-refractivity contribution is -0.140. The first-order valence-electron chi connectivity index (χ1n) is 6.51. The first kappa shape index (κ1) is 14.3. The average molecular weight is 274 g/mol. The molecule has 4 N–H and O–H groups in total. The van der Waals surface area contributed by atoms with E-state index in [0.717, 1.165) is 5.56 Å². The maximum absolute atomic E-state index is 11.7. The highest BCUT2D eigenvalue weighted by Crippen LogP contribution is 2.48. The second kappa shape index (κ2) is 5.46. The van der Waals surface area contributed by atoms with Crippen molar-refractivity contribution in [3.63, 3.8) is 0 Å². The van der Waals surface area contributed by atoms with Crippen LogP contribution < -0.4 is 11.1 Å². The van der Waals surface area contributed by atoms with Gasteiger partial charge in [-0.1, -0.05) is 18.2 Å². The summed E-state index contributed by atoms with van der Waals surface area (Å²) in [5.41, 5.74) is 6.33. The monoisotopic (exact) mass is 274 g/mol. The van der Waals surface area contributed by atoms with Crippen molar-refractivity contribution in [3.8, 4) is 0 Å². The normalized spacial score (nSPS) is 17.1. The third-order valence-electron chi connectivity index (χ3n) is 3.62. The second-order valence-electron chi connectivity index (χ2n) is 5.08. The van der Waals surface area contributed by atoms with Crippen LogP contribution in [0.15, 0.2) is 36.9 Å². The fourth-order valence-electron chi connectivity index (χ4n) is 2.15. The van der Waals surface area contributed by atoms with Crippen LogP contribution in [0.25, 0.3) is 0 Å². The summed E-state index contributed by atoms with van der Waals surface area (Å²) in [6.45, 7) is 3.54. The number of nitrogens with two attached hydrogens (primary N) is 1. The summed E-state index contributed by atoms with van der Waals surface area (Å²) in [7, 11) is 0. The van der Waals surface area contributed by atoms with Gasteiger partial charge in [-0.05, 0) is 37.0 Å². The molecular formula is C15H18N2O3. The zero-order valence-electron chi connectivity index (χ0n) is 11.1. The molecule has 1 aromatic carbocycles. The number of nitrogens with one attached hydrogen (secondary N) is 1. The van der Waals surface area contributed by atoms with Gasteiger partial charge in [-0.2, -0.15) is 0 Å². The number of carboxylic acid groups (broad SMARTS) is 1. The molecule has 106 valence electrons. The Hall–Kier alpha value is -2.14. The van der Waals surface area contributed by atoms with Crippen molar-refractivity contribution in [3.05, 3.63) is 42.5 Å². The van der Waals surface area contributed by atoms with E-state index in [9.17, 15) is 14.7 Å². The summed E-state index contributed by atoms with van der Waals surface area (Å²) in [5.74, 6) is -1.07. The van der Waals surface area contributed by atoms with E-state index in [1.54, 1.807) is 30.3 Å². The molecule has 1 fully saturated rings. The summed E-state index contributed by atoms with van der Waals surface area (Å²) in [5, 5.41) is 11.9. The van der Waals surface area contributed by atoms with Crippen LogP contribution in [0.4, 0.5) is 5.69 Å². The van der Waals surface area contributed by atoms with E-state index < -0.39 is 17.4 Å². The molecule has 1 aliphatic rings. The van der Waals surface area contributed by atoms with Crippen molar-refractivity contribution in [1.29, 1.82) is 0 Å². The van der Waals surface area contributed by atoms with Gasteiger partial charge >= 0.3 is 5.97 Å². The topological polar surface area (TPSA) is 92.4 Å². The molecule has 5 heteroatoms. The predicted molar refractivity (Wildman–Crippen MR) is 76.4 cm³/mol. The van der Waals surface area contributed by atoms with E-state index in [1.807, 2.05) is 0 Å². The summed E-state index contributed by atoms with van der Waals surface area (Å²) < 4.78 is 0. The Bertz CT molecular complexity index is 533. The molecule has 0 spiro atoms. The number of carbonyl (C=O) groups excluding carboxylic acids is 1. The molecule has 0 radical (unpaired) electrons. The molecule has 1 aliphatic carbocycles. The second-order valence-corrected chi connectivity index (χ2v) is 5.08. The third kappa shape index (κ3) is 2.72. The van der Waals surface area contributed by atoms with Crippen molar-refractivity contribution in [2.45, 2.75) is 30.7 Å². The van der Waals surface area contributed by atoms with Crippen molar-refractivity contribution < 1.29 is 14.7 Å². The van der Waals surface area contributed by atoms with Crippen LogP contribution in [0.1, 0.15) is 24.8 Å². The van der Waals surface area contributed by atoms with Gasteiger partial charge in [-0.3, -0.25) is 9.59 Å². The van der Waals surface area contributed by atoms with E-state index in [2.05, 4.69) is 11.9 Å². The molecular weight excluding hydrogens is 256 g/mol. The van der Waals surface area contributed by atoms with E-state index in [0.29, 0.717) is 24.9 Å². The quantitative estimate of drug-likeness (QED) is 0.688. The molecule has 1 atom stereocenters. The zero-order valence-corrected chi connectivity index (χ0v) is 11.1. The van der Waals surface area contributed by atoms with Crippen molar-refractivity contribution in [2.75, 3.05) is 5.32 Å². The van der Waals surface area contributed by atoms with Crippen LogP contribution >= 0.6 is 0 Å². The number of benzene rings is 1. The van der Waals surface area contributed by atoms with Crippen molar-refractivity contribution in [2.24, 2.45) is 5.73 Å². The lowest BCUT2D eigenvalue weighted by Gasteiger charge is -2.13. The Kier molecular flexibility index (Phi) is 3.90. The number of carbonyl (C=O) groups is 2. The standard InChI is InChI=1S/C15H18N2O3/c1-2-3-12(16)13(18)17-11-6-4-10(5-7-11)15(8-9-15)14(19)20/h2,4-7,12H,1,3,8-9,16H2,(H,17,18)(H,19,20). The molecule has 1 unspecified atom stereocenters. The SMILES string of the molecule is C=CCC(N)C(=O)Nc1ccc(C2(C(=O)O)CC2)cc1. The van der Waals surface area contributed by atoms with E-state index >= 15 is 0 Å². The average Bonchev–Trinajstić information content (AvgIpc) is 3.21. The minimum Gasteiger partial charge on any atom is -0.481 e. The van der Waals surface area contributed by atoms with E-state index in [4.69, 9.17) is 5.73 Å². The Balaban J connectivity index is 2.04. The van der Waals surface area contributed by atoms with E-state index in [-0.39, 0.29) is 5.91 Å². The lowest BCUT2D eigenvalue weighted by atomic mass is 9.96. The molecule has 1 amide bonds. The molecule has 1 saturated carbocycles. The molecule has 20 heavy (non-hydrogen) atoms. The van der Waals surface area contributed by atoms with Crippen LogP contribution in [0.2, 0.25) is 0 Å². The van der Waals surface area contributed by atoms with Crippen LogP contribution in [-0.4, -0.2) is 23.0 Å². The highest BCUT2D eigenvalue weighted by atomic mass is 16.4. The van der Waals surface area contributed by atoms with Gasteiger partial charge in [0.15, 0.2) is 0 Å². The van der Waals surface area contributed by atoms with Gasteiger partial charge < -0.3 is 16.2 Å². The van der Waals surface area contributed by atoms with Gasteiger partial charge in [0, 0.05) is 5.69 Å². The fourth-order valence-corrected chi connectivity index (χ4v) is 2.15. The molecule has 0 aromatic heterocycles. The number of hydrogen-bond donors (Lipinski definition) is 3. The molecule has 0 heterocycles. The molecule has 0 bridgehead atoms. The highest BCUT2D eigenvalue weighted by molar-refractivity contribution is 5.95. The van der Waals surface area contributed by atoms with Crippen LogP contribution in [0.5, 0.6) is 0 Å². The smallest absolute Gasteiger partial charge is 0.314 e. The maximum atomic E-state index is 11.7. The molecule has 0 saturated heterocycles. The Morgan fingerprint density at radius 3 is 2.45 bits per heavy atom. The molecule has 1 aromatic rings. The zero-order chi connectivity index (χ0) is 14.8. The first-order chi connectivity index (χ1) is 9.49. The third-order valence-corrected chi connectivity index (χ3v) is 3.62. The predicted octanol–water partition coefficient (Wildman–Crippen LogP) is 1.64. The largest absolute Gasteiger partial charge is 0.481 e. The summed E-state index contributed by atoms with van der Waals surface area (Å²) in [6.07, 6.45) is 3.33. The number of rotatable bonds is 6. The van der Waals surface area contributed by atoms with Gasteiger partial charge in [-0.15, -0.1) is 6.58 Å². The summed E-state index contributed by atoms with van der Waals surface area (Å²) >= 11 is 0. The summed E-state index contributed by atoms with van der Waals surface area (Å²) in [4.78, 5) is 22.9. The van der Waals surface area contributed by atoms with E-state index in [1.165, 1.54) is 0 Å². The van der Waals surface area contributed by atoms with Crippen LogP contribution in [0, 0.1) is 0 Å².